The van der Waals surface area contributed by atoms with Crippen LogP contribution in [0.2, 0.25) is 0 Å². The zero-order chi connectivity index (χ0) is 14.8. The first kappa shape index (κ1) is 16.0. The monoisotopic (exact) mass is 280 g/mol. The molecule has 0 aliphatic heterocycles. The molecule has 110 valence electrons. The number of carboxylic acid groups (broad SMARTS) is 1. The smallest absolute Gasteiger partial charge is 0.339 e. The molecule has 5 heteroatoms. The summed E-state index contributed by atoms with van der Waals surface area (Å²) in [6.07, 6.45) is 2.78. The van der Waals surface area contributed by atoms with Gasteiger partial charge in [-0.1, -0.05) is 12.1 Å². The van der Waals surface area contributed by atoms with E-state index in [0.29, 0.717) is 25.4 Å². The number of hydrogen-bond acceptors (Lipinski definition) is 4. The first-order chi connectivity index (χ1) is 9.65. The van der Waals surface area contributed by atoms with Crippen molar-refractivity contribution in [3.05, 3.63) is 29.8 Å². The molecule has 0 aromatic heterocycles. The van der Waals surface area contributed by atoms with Crippen molar-refractivity contribution in [2.75, 3.05) is 13.2 Å². The van der Waals surface area contributed by atoms with Crippen LogP contribution in [0, 0.1) is 0 Å². The average molecular weight is 280 g/mol. The molecule has 0 spiro atoms. The lowest BCUT2D eigenvalue weighted by Crippen LogP contribution is -2.05. The molecule has 0 aliphatic rings. The van der Waals surface area contributed by atoms with Crippen molar-refractivity contribution in [2.24, 2.45) is 0 Å². The summed E-state index contributed by atoms with van der Waals surface area (Å²) in [7, 11) is 0. The van der Waals surface area contributed by atoms with Crippen molar-refractivity contribution in [3.63, 3.8) is 0 Å². The number of ether oxygens (including phenoxy) is 2. The maximum Gasteiger partial charge on any atom is 0.339 e. The lowest BCUT2D eigenvalue weighted by molar-refractivity contribution is -0.143. The molecule has 1 aromatic carbocycles. The van der Waals surface area contributed by atoms with Crippen molar-refractivity contribution in [1.29, 1.82) is 0 Å². The minimum atomic E-state index is -0.997. The minimum absolute atomic E-state index is 0.166. The van der Waals surface area contributed by atoms with Crippen LogP contribution in [0.5, 0.6) is 5.75 Å². The Labute approximate surface area is 118 Å². The Balaban J connectivity index is 2.22. The molecule has 0 saturated carbocycles. The molecule has 5 nitrogen and oxygen atoms in total. The first-order valence-electron chi connectivity index (χ1n) is 6.76. The van der Waals surface area contributed by atoms with Crippen LogP contribution in [0.25, 0.3) is 0 Å². The fourth-order valence-electron chi connectivity index (χ4n) is 1.73. The van der Waals surface area contributed by atoms with Gasteiger partial charge in [0.25, 0.3) is 0 Å². The summed E-state index contributed by atoms with van der Waals surface area (Å²) in [6.45, 7) is 2.63. The molecule has 1 rings (SSSR count). The van der Waals surface area contributed by atoms with Crippen LogP contribution < -0.4 is 4.74 Å². The van der Waals surface area contributed by atoms with Gasteiger partial charge >= 0.3 is 11.9 Å². The third kappa shape index (κ3) is 5.73. The second-order valence-corrected chi connectivity index (χ2v) is 4.27. The SMILES string of the molecule is CCOC(=O)CCCCCOc1ccccc1C(=O)O. The second-order valence-electron chi connectivity index (χ2n) is 4.27. The number of unbranched alkanes of at least 4 members (excludes halogenated alkanes) is 2. The predicted octanol–water partition coefficient (Wildman–Crippen LogP) is 2.89. The molecule has 0 aliphatic carbocycles. The number of hydrogen-bond donors (Lipinski definition) is 1. The summed E-state index contributed by atoms with van der Waals surface area (Å²) in [5, 5.41) is 8.99. The zero-order valence-corrected chi connectivity index (χ0v) is 11.6. The highest BCUT2D eigenvalue weighted by atomic mass is 16.5. The highest BCUT2D eigenvalue weighted by Crippen LogP contribution is 2.18. The Hall–Kier alpha value is -2.04. The Kier molecular flexibility index (Phi) is 7.17. The molecule has 0 bridgehead atoms. The molecule has 0 atom stereocenters. The second kappa shape index (κ2) is 8.96. The Morgan fingerprint density at radius 3 is 2.60 bits per heavy atom. The van der Waals surface area contributed by atoms with E-state index < -0.39 is 5.97 Å². The van der Waals surface area contributed by atoms with Crippen LogP contribution in [-0.4, -0.2) is 30.3 Å². The maximum absolute atomic E-state index is 11.1. The fraction of sp³-hybridized carbons (Fsp3) is 0.467. The molecule has 0 amide bonds. The van der Waals surface area contributed by atoms with E-state index in [2.05, 4.69) is 0 Å². The standard InChI is InChI=1S/C15H20O5/c1-2-19-14(16)10-4-3-7-11-20-13-9-6-5-8-12(13)15(17)18/h5-6,8-9H,2-4,7,10-11H2,1H3,(H,17,18). The summed E-state index contributed by atoms with van der Waals surface area (Å²) < 4.78 is 10.3. The largest absolute Gasteiger partial charge is 0.493 e. The lowest BCUT2D eigenvalue weighted by Gasteiger charge is -2.08. The van der Waals surface area contributed by atoms with Gasteiger partial charge in [0.2, 0.25) is 0 Å². The van der Waals surface area contributed by atoms with Crippen LogP contribution >= 0.6 is 0 Å². The van der Waals surface area contributed by atoms with E-state index in [9.17, 15) is 9.59 Å². The number of rotatable bonds is 9. The number of esters is 1. The van der Waals surface area contributed by atoms with Gasteiger partial charge in [-0.25, -0.2) is 4.79 Å². The van der Waals surface area contributed by atoms with E-state index in [0.717, 1.165) is 19.3 Å². The Bertz CT molecular complexity index is 442. The van der Waals surface area contributed by atoms with Gasteiger partial charge in [-0.3, -0.25) is 4.79 Å². The number of carbonyl (C=O) groups excluding carboxylic acids is 1. The van der Waals surface area contributed by atoms with Gasteiger partial charge in [0, 0.05) is 6.42 Å². The van der Waals surface area contributed by atoms with Crippen molar-refractivity contribution in [3.8, 4) is 5.75 Å². The fourth-order valence-corrected chi connectivity index (χ4v) is 1.73. The summed E-state index contributed by atoms with van der Waals surface area (Å²) in [6, 6.07) is 6.55. The highest BCUT2D eigenvalue weighted by Gasteiger charge is 2.09. The molecule has 0 saturated heterocycles. The van der Waals surface area contributed by atoms with E-state index >= 15 is 0 Å². The molecule has 0 heterocycles. The van der Waals surface area contributed by atoms with Crippen molar-refractivity contribution >= 4 is 11.9 Å². The summed E-state index contributed by atoms with van der Waals surface area (Å²) in [5.74, 6) is -0.794. The quantitative estimate of drug-likeness (QED) is 0.556. The number of carboxylic acids is 1. The summed E-state index contributed by atoms with van der Waals surface area (Å²) >= 11 is 0. The van der Waals surface area contributed by atoms with E-state index in [1.165, 1.54) is 6.07 Å². The first-order valence-corrected chi connectivity index (χ1v) is 6.76. The third-order valence-electron chi connectivity index (χ3n) is 2.71. The number of benzene rings is 1. The van der Waals surface area contributed by atoms with E-state index in [-0.39, 0.29) is 11.5 Å². The number of carbonyl (C=O) groups is 2. The molecule has 0 radical (unpaired) electrons. The van der Waals surface area contributed by atoms with Gasteiger partial charge in [-0.05, 0) is 38.3 Å². The zero-order valence-electron chi connectivity index (χ0n) is 11.6. The Morgan fingerprint density at radius 1 is 1.15 bits per heavy atom. The maximum atomic E-state index is 11.1. The minimum Gasteiger partial charge on any atom is -0.493 e. The van der Waals surface area contributed by atoms with Gasteiger partial charge in [0.15, 0.2) is 0 Å². The number of aromatic carboxylic acids is 1. The molecular formula is C15H20O5. The molecule has 0 unspecified atom stereocenters. The van der Waals surface area contributed by atoms with Crippen LogP contribution in [-0.2, 0) is 9.53 Å². The van der Waals surface area contributed by atoms with E-state index in [1.807, 2.05) is 0 Å². The van der Waals surface area contributed by atoms with Crippen LogP contribution in [0.1, 0.15) is 43.0 Å². The van der Waals surface area contributed by atoms with Gasteiger partial charge in [0.05, 0.1) is 13.2 Å². The molecule has 0 fully saturated rings. The summed E-state index contributed by atoms with van der Waals surface area (Å²) in [4.78, 5) is 22.1. The lowest BCUT2D eigenvalue weighted by atomic mass is 10.2. The van der Waals surface area contributed by atoms with E-state index in [4.69, 9.17) is 14.6 Å². The highest BCUT2D eigenvalue weighted by molar-refractivity contribution is 5.90. The number of para-hydroxylation sites is 1. The predicted molar refractivity (Wildman–Crippen MR) is 74.0 cm³/mol. The topological polar surface area (TPSA) is 72.8 Å². The van der Waals surface area contributed by atoms with Gasteiger partial charge < -0.3 is 14.6 Å². The molecule has 1 N–H and O–H groups in total. The van der Waals surface area contributed by atoms with E-state index in [1.54, 1.807) is 25.1 Å². The van der Waals surface area contributed by atoms with Crippen molar-refractivity contribution < 1.29 is 24.2 Å². The molecular weight excluding hydrogens is 260 g/mol. The van der Waals surface area contributed by atoms with Crippen molar-refractivity contribution in [2.45, 2.75) is 32.6 Å². The van der Waals surface area contributed by atoms with Gasteiger partial charge in [-0.15, -0.1) is 0 Å². The molecule has 20 heavy (non-hydrogen) atoms. The third-order valence-corrected chi connectivity index (χ3v) is 2.71. The Morgan fingerprint density at radius 2 is 1.90 bits per heavy atom. The van der Waals surface area contributed by atoms with Gasteiger partial charge in [-0.2, -0.15) is 0 Å². The van der Waals surface area contributed by atoms with Crippen molar-refractivity contribution in [1.82, 2.24) is 0 Å². The van der Waals surface area contributed by atoms with Crippen LogP contribution in [0.4, 0.5) is 0 Å². The average Bonchev–Trinajstić information content (AvgIpc) is 2.43. The normalized spacial score (nSPS) is 10.1. The molecule has 1 aromatic rings. The van der Waals surface area contributed by atoms with Crippen LogP contribution in [0.15, 0.2) is 24.3 Å². The summed E-state index contributed by atoms with van der Waals surface area (Å²) in [5.41, 5.74) is 0.166. The van der Waals surface area contributed by atoms with Gasteiger partial charge in [0.1, 0.15) is 11.3 Å². The van der Waals surface area contributed by atoms with Crippen LogP contribution in [0.3, 0.4) is 0 Å².